The Hall–Kier alpha value is -9.79. The monoisotopic (exact) mass is 1760 g/mol. The lowest BCUT2D eigenvalue weighted by atomic mass is 9.91. The van der Waals surface area contributed by atoms with Crippen molar-refractivity contribution in [3.63, 3.8) is 0 Å². The zero-order valence-electron chi connectivity index (χ0n) is 68.9. The minimum absolute atomic E-state index is 0. The first-order valence-corrected chi connectivity index (χ1v) is 39.5. The SMILES string of the molecule is C.C.C=C(C)C(=O)OCCCC.CCCCOC(=O)C(C)(C)CC.COC(=O)C(C)(C)N=NC(C)(C)C.COC(COC(=O)c1cc(C(C)=O)ccc1C(=O)O)CSC.COC(COC(=O)c1ccc(C(C)=O)cc1C(=O)O)CSC.CSCC(O)CO.O=C=O.O=C=O.O=C=O.O=c1oc(=O)c2cc3c(=O)oc(=O)c3cc12.OCC(O)CS. The number of carboxylic acid groups (broad SMARTS) is 2. The number of aliphatic hydroxyl groups excluding tert-OH is 4. The predicted octanol–water partition coefficient (Wildman–Crippen LogP) is 9.09. The van der Waals surface area contributed by atoms with Gasteiger partial charge in [-0.2, -0.15) is 86.9 Å². The lowest BCUT2D eigenvalue weighted by molar-refractivity contribution is -0.193. The number of unbranched alkanes of at least 4 members (excludes halogenated alkanes) is 2. The summed E-state index contributed by atoms with van der Waals surface area (Å²) in [5.41, 5.74) is -4.48. The summed E-state index contributed by atoms with van der Waals surface area (Å²) < 4.78 is 43.7. The van der Waals surface area contributed by atoms with Crippen LogP contribution in [0.2, 0.25) is 0 Å². The van der Waals surface area contributed by atoms with Crippen LogP contribution in [-0.2, 0) is 76.3 Å². The maximum atomic E-state index is 12.1. The van der Waals surface area contributed by atoms with E-state index in [1.165, 1.54) is 83.3 Å². The molecular formula is C79H116N2O34S4. The molecular weight excluding hydrogens is 1650 g/mol. The van der Waals surface area contributed by atoms with Gasteiger partial charge in [0.25, 0.3) is 0 Å². The van der Waals surface area contributed by atoms with E-state index in [0.717, 1.165) is 44.2 Å². The van der Waals surface area contributed by atoms with Crippen LogP contribution in [0.15, 0.2) is 98.9 Å². The summed E-state index contributed by atoms with van der Waals surface area (Å²) in [5, 5.41) is 59.4. The molecule has 3 aromatic carbocycles. The number of carboxylic acids is 2. The van der Waals surface area contributed by atoms with Gasteiger partial charge in [0.15, 0.2) is 17.1 Å². The van der Waals surface area contributed by atoms with Crippen molar-refractivity contribution in [2.75, 3.05) is 103 Å². The topological polar surface area (TPSA) is 561 Å². The van der Waals surface area contributed by atoms with Crippen LogP contribution in [0.4, 0.5) is 0 Å². The number of Topliss-reactive ketones (excluding diaryl/α,β-unsaturated/α-hetero) is 2. The zero-order chi connectivity index (χ0) is 92.0. The van der Waals surface area contributed by atoms with E-state index in [0.29, 0.717) is 41.8 Å². The first kappa shape index (κ1) is 125. The van der Waals surface area contributed by atoms with Crippen molar-refractivity contribution < 1.29 is 145 Å². The number of thiol groups is 1. The van der Waals surface area contributed by atoms with Gasteiger partial charge in [0.1, 0.15) is 25.4 Å². The molecule has 119 heavy (non-hydrogen) atoms. The number of fused-ring (bicyclic) bond motifs is 2. The number of nitrogens with zero attached hydrogens (tertiary/aromatic N) is 2. The Morgan fingerprint density at radius 1 is 0.521 bits per heavy atom. The number of benzene rings is 3. The van der Waals surface area contributed by atoms with E-state index >= 15 is 0 Å². The molecule has 0 aliphatic rings. The molecule has 36 nitrogen and oxygen atoms in total. The van der Waals surface area contributed by atoms with E-state index in [1.807, 2.05) is 60.3 Å². The van der Waals surface area contributed by atoms with Crippen LogP contribution in [0.5, 0.6) is 0 Å². The second kappa shape index (κ2) is 71.2. The fraction of sp³-hybridized carbons (Fsp3) is 0.544. The first-order valence-electron chi connectivity index (χ1n) is 34.7. The number of azo groups is 1. The number of hydrogen-bond acceptors (Lipinski definition) is 38. The number of rotatable bonds is 32. The Kier molecular flexibility index (Phi) is 74.6. The van der Waals surface area contributed by atoms with Gasteiger partial charge in [0.2, 0.25) is 0 Å². The van der Waals surface area contributed by atoms with Gasteiger partial charge in [-0.25, -0.2) is 47.9 Å². The van der Waals surface area contributed by atoms with E-state index in [1.54, 1.807) is 44.3 Å². The second-order valence-electron chi connectivity index (χ2n) is 25.3. The highest BCUT2D eigenvalue weighted by molar-refractivity contribution is 7.99. The Morgan fingerprint density at radius 3 is 1.15 bits per heavy atom. The fourth-order valence-electron chi connectivity index (χ4n) is 7.08. The summed E-state index contributed by atoms with van der Waals surface area (Å²) >= 11 is 8.30. The van der Waals surface area contributed by atoms with E-state index in [4.69, 9.17) is 82.7 Å². The highest BCUT2D eigenvalue weighted by Gasteiger charge is 2.30. The molecule has 0 aliphatic heterocycles. The van der Waals surface area contributed by atoms with Gasteiger partial charge in [-0.15, -0.1) is 0 Å². The number of carbonyl (C=O) groups excluding carboxylic acids is 13. The minimum Gasteiger partial charge on any atom is -0.478 e. The molecule has 0 amide bonds. The van der Waals surface area contributed by atoms with Crippen molar-refractivity contribution in [3.8, 4) is 0 Å². The molecule has 5 rings (SSSR count). The van der Waals surface area contributed by atoms with E-state index in [-0.39, 0.29) is 167 Å². The molecule has 0 saturated carbocycles. The molecule has 0 aliphatic carbocycles. The van der Waals surface area contributed by atoms with Gasteiger partial charge in [0.05, 0.1) is 100 Å². The summed E-state index contributed by atoms with van der Waals surface area (Å²) in [6, 6.07) is 10.00. The summed E-state index contributed by atoms with van der Waals surface area (Å²) in [6.45, 7) is 27.7. The van der Waals surface area contributed by atoms with Crippen LogP contribution in [0, 0.1) is 5.41 Å². The van der Waals surface area contributed by atoms with Crippen molar-refractivity contribution in [1.82, 2.24) is 0 Å². The molecule has 40 heteroatoms. The van der Waals surface area contributed by atoms with Crippen molar-refractivity contribution in [2.24, 2.45) is 15.6 Å². The van der Waals surface area contributed by atoms with Crippen LogP contribution in [0.3, 0.4) is 0 Å². The van der Waals surface area contributed by atoms with Crippen molar-refractivity contribution in [1.29, 1.82) is 0 Å². The van der Waals surface area contributed by atoms with Crippen LogP contribution in [-0.4, -0.2) is 241 Å². The molecule has 2 heterocycles. The molecule has 0 spiro atoms. The highest BCUT2D eigenvalue weighted by Crippen LogP contribution is 2.23. The van der Waals surface area contributed by atoms with Crippen LogP contribution in [0.1, 0.15) is 199 Å². The molecule has 4 atom stereocenters. The zero-order valence-corrected chi connectivity index (χ0v) is 72.3. The van der Waals surface area contributed by atoms with Crippen molar-refractivity contribution >= 4 is 141 Å². The smallest absolute Gasteiger partial charge is 0.373 e. The lowest BCUT2D eigenvalue weighted by Crippen LogP contribution is -2.31. The highest BCUT2D eigenvalue weighted by atomic mass is 32.2. The number of ketones is 2. The number of furan rings is 2. The normalized spacial score (nSPS) is 11.0. The number of ether oxygens (including phenoxy) is 7. The third-order valence-corrected chi connectivity index (χ3v) is 16.4. The van der Waals surface area contributed by atoms with Gasteiger partial charge >= 0.3 is 82.7 Å². The molecule has 5 aromatic rings. The number of methoxy groups -OCH3 is 3. The molecule has 4 unspecified atom stereocenters. The maximum absolute atomic E-state index is 12.1. The van der Waals surface area contributed by atoms with E-state index in [2.05, 4.69) is 56.9 Å². The Bertz CT molecular complexity index is 4030. The third-order valence-electron chi connectivity index (χ3n) is 13.9. The molecule has 2 aromatic heterocycles. The average molecular weight is 1770 g/mol. The van der Waals surface area contributed by atoms with Gasteiger partial charge in [-0.05, 0) is 144 Å². The average Bonchev–Trinajstić information content (AvgIpc) is 1.61. The molecule has 0 radical (unpaired) electrons. The van der Waals surface area contributed by atoms with Crippen LogP contribution in [0.25, 0.3) is 21.5 Å². The quantitative estimate of drug-likeness (QED) is 0.00401. The van der Waals surface area contributed by atoms with Crippen LogP contribution >= 0.6 is 47.9 Å². The lowest BCUT2D eigenvalue weighted by Gasteiger charge is -2.19. The Balaban J connectivity index is -0.000000199. The fourth-order valence-corrected chi connectivity index (χ4v) is 8.90. The number of thioether (sulfide) groups is 3. The van der Waals surface area contributed by atoms with Crippen molar-refractivity contribution in [2.45, 2.75) is 172 Å². The first-order chi connectivity index (χ1) is 54.6. The van der Waals surface area contributed by atoms with E-state index < -0.39 is 64.1 Å². The number of esters is 5. The third kappa shape index (κ3) is 56.3. The molecule has 6 N–H and O–H groups in total. The molecule has 0 fully saturated rings. The Morgan fingerprint density at radius 2 is 0.874 bits per heavy atom. The van der Waals surface area contributed by atoms with Gasteiger partial charge in [0, 0.05) is 53.9 Å². The predicted molar refractivity (Wildman–Crippen MR) is 447 cm³/mol. The molecule has 670 valence electrons. The number of carbonyl (C=O) groups is 9. The van der Waals surface area contributed by atoms with Gasteiger partial charge in [-0.3, -0.25) is 14.4 Å². The number of aromatic carboxylic acids is 2. The standard InChI is InChI=1S/2C15H18O6S.C10H2O6.C10H20O2.C9H18N2O2.C8H14O2.C4H10O2S.C3H8O2S.3CO2.2CH4/c1-9(16)10-4-5-12(13(6-10)14(17)18)15(19)21-7-11(20-2)8-22-3;1-9(16)10-4-5-12(14(17)18)13(6-10)15(19)21-7-11(20-2)8-22-3;11-7-3-1-4-6(10(14)16-8(4)12)2-5(3)9(13)15-7;1-5-7-8-12-9(11)10(3,4)6-2;1-8(2,3)10-11-9(4,5)7(12)13-6;1-4-5-6-10-8(9)7(2)3;1-7-3-4(6)2-5;4-1-3(5)2-6;3*2-1-3;;/h2*4-6,11H,7-8H2,1-3H3,(H,17,18);1-2H;5-8H2,1-4H3;1-6H3;2,4-6H2,1,3H3;4-6H,2-3H2,1H3;3-6H,1-2H2;;;;2*1H4. The minimum atomic E-state index is -1.29. The van der Waals surface area contributed by atoms with Crippen molar-refractivity contribution in [3.05, 3.63) is 136 Å². The van der Waals surface area contributed by atoms with Gasteiger partial charge < -0.3 is 72.6 Å². The van der Waals surface area contributed by atoms with E-state index in [9.17, 15) is 67.4 Å². The van der Waals surface area contributed by atoms with Crippen LogP contribution < -0.4 is 22.5 Å². The summed E-state index contributed by atoms with van der Waals surface area (Å²) in [4.78, 5) is 196. The van der Waals surface area contributed by atoms with Gasteiger partial charge in [-0.1, -0.05) is 67.2 Å². The summed E-state index contributed by atoms with van der Waals surface area (Å²) in [7, 11) is 4.36. The second-order valence-corrected chi connectivity index (χ2v) is 28.4. The summed E-state index contributed by atoms with van der Waals surface area (Å²) in [5.74, 6) is -3.11. The Labute approximate surface area is 708 Å². The molecule has 0 bridgehead atoms. The number of hydrogen-bond donors (Lipinski definition) is 7. The largest absolute Gasteiger partial charge is 0.478 e. The number of aliphatic hydroxyl groups is 4. The maximum Gasteiger partial charge on any atom is 0.373 e. The summed E-state index contributed by atoms with van der Waals surface area (Å²) in [6.07, 6.45) is 9.56. The molecule has 0 saturated heterocycles.